The van der Waals surface area contributed by atoms with Crippen LogP contribution in [0.5, 0.6) is 0 Å². The summed E-state index contributed by atoms with van der Waals surface area (Å²) < 4.78 is 0. The van der Waals surface area contributed by atoms with Gasteiger partial charge in [0.05, 0.1) is 22.5 Å². The number of nitriles is 1. The lowest BCUT2D eigenvalue weighted by Gasteiger charge is -2.18. The summed E-state index contributed by atoms with van der Waals surface area (Å²) in [6.07, 6.45) is 1.39. The number of nitrogens with one attached hydrogen (secondary N) is 2. The molecule has 9 nitrogen and oxygen atoms in total. The number of aromatic amines is 1. The standard InChI is InChI=1S/C18H11N7O2/c19-9-11(16-21-23-24-22-16)10-20-14-7-3-4-8-15(14)25-17(26)12-5-1-2-6-13(12)18(25)27/h1-8,10,20H,(H,21,22,23,24). The Hall–Kier alpha value is -4.32. The molecule has 0 fully saturated rings. The van der Waals surface area contributed by atoms with E-state index in [0.717, 1.165) is 4.90 Å². The van der Waals surface area contributed by atoms with Gasteiger partial charge in [-0.2, -0.15) is 10.5 Å². The van der Waals surface area contributed by atoms with Crippen molar-refractivity contribution in [1.82, 2.24) is 20.6 Å². The highest BCUT2D eigenvalue weighted by Gasteiger charge is 2.37. The van der Waals surface area contributed by atoms with Gasteiger partial charge in [-0.05, 0) is 29.5 Å². The van der Waals surface area contributed by atoms with E-state index in [1.807, 2.05) is 6.07 Å². The second-order valence-electron chi connectivity index (χ2n) is 5.56. The molecule has 0 spiro atoms. The fourth-order valence-electron chi connectivity index (χ4n) is 2.77. The molecule has 2 N–H and O–H groups in total. The van der Waals surface area contributed by atoms with E-state index in [9.17, 15) is 14.9 Å². The Morgan fingerprint density at radius 2 is 1.74 bits per heavy atom. The molecule has 0 saturated heterocycles. The van der Waals surface area contributed by atoms with Crippen LogP contribution in [0.3, 0.4) is 0 Å². The first-order chi connectivity index (χ1) is 13.2. The Morgan fingerprint density at radius 3 is 2.37 bits per heavy atom. The number of tetrazole rings is 1. The van der Waals surface area contributed by atoms with Gasteiger partial charge in [-0.1, -0.05) is 24.3 Å². The molecule has 3 aromatic rings. The Morgan fingerprint density at radius 1 is 1.07 bits per heavy atom. The lowest BCUT2D eigenvalue weighted by molar-refractivity contribution is 0.0926. The fourth-order valence-corrected chi connectivity index (χ4v) is 2.77. The van der Waals surface area contributed by atoms with Crippen molar-refractivity contribution in [1.29, 1.82) is 5.26 Å². The maximum atomic E-state index is 12.7. The number of nitrogens with zero attached hydrogens (tertiary/aromatic N) is 5. The molecular weight excluding hydrogens is 346 g/mol. The maximum absolute atomic E-state index is 12.7. The van der Waals surface area contributed by atoms with Gasteiger partial charge in [-0.3, -0.25) is 9.59 Å². The number of anilines is 2. The van der Waals surface area contributed by atoms with Gasteiger partial charge < -0.3 is 5.32 Å². The molecule has 1 aromatic heterocycles. The molecule has 0 atom stereocenters. The molecule has 2 heterocycles. The number of hydrogen-bond acceptors (Lipinski definition) is 7. The van der Waals surface area contributed by atoms with Crippen molar-refractivity contribution in [3.8, 4) is 6.07 Å². The van der Waals surface area contributed by atoms with Gasteiger partial charge in [0.1, 0.15) is 11.6 Å². The molecule has 1 aliphatic rings. The van der Waals surface area contributed by atoms with Crippen molar-refractivity contribution in [2.75, 3.05) is 10.2 Å². The molecule has 27 heavy (non-hydrogen) atoms. The Kier molecular flexibility index (Phi) is 3.91. The van der Waals surface area contributed by atoms with E-state index in [-0.39, 0.29) is 11.4 Å². The summed E-state index contributed by atoms with van der Waals surface area (Å²) >= 11 is 0. The summed E-state index contributed by atoms with van der Waals surface area (Å²) in [5.74, 6) is -0.664. The molecule has 0 radical (unpaired) electrons. The van der Waals surface area contributed by atoms with Crippen LogP contribution in [0, 0.1) is 11.3 Å². The number of fused-ring (bicyclic) bond motifs is 1. The van der Waals surface area contributed by atoms with E-state index >= 15 is 0 Å². The first kappa shape index (κ1) is 16.2. The number of benzene rings is 2. The number of hydrogen-bond donors (Lipinski definition) is 2. The number of para-hydroxylation sites is 2. The van der Waals surface area contributed by atoms with Crippen LogP contribution < -0.4 is 10.2 Å². The SMILES string of the molecule is N#CC(=CNc1ccccc1N1C(=O)c2ccccc2C1=O)c1nn[nH]n1. The predicted molar refractivity (Wildman–Crippen MR) is 95.4 cm³/mol. The zero-order valence-corrected chi connectivity index (χ0v) is 13.7. The number of rotatable bonds is 4. The molecule has 2 amide bonds. The number of allylic oxidation sites excluding steroid dienone is 1. The quantitative estimate of drug-likeness (QED) is 0.540. The average Bonchev–Trinajstić information content (AvgIpc) is 3.31. The van der Waals surface area contributed by atoms with Crippen molar-refractivity contribution < 1.29 is 9.59 Å². The van der Waals surface area contributed by atoms with Crippen LogP contribution in [0.4, 0.5) is 11.4 Å². The smallest absolute Gasteiger partial charge is 0.266 e. The number of imide groups is 1. The Bertz CT molecular complexity index is 1080. The summed E-state index contributed by atoms with van der Waals surface area (Å²) in [5, 5.41) is 25.4. The molecule has 0 aliphatic carbocycles. The first-order valence-corrected chi connectivity index (χ1v) is 7.88. The lowest BCUT2D eigenvalue weighted by atomic mass is 10.1. The van der Waals surface area contributed by atoms with Crippen LogP contribution in [0.25, 0.3) is 5.57 Å². The zero-order valence-electron chi connectivity index (χ0n) is 13.7. The Balaban J connectivity index is 1.70. The van der Waals surface area contributed by atoms with Crippen LogP contribution in [0.2, 0.25) is 0 Å². The molecular formula is C18H11N7O2. The number of carbonyl (C=O) groups is 2. The van der Waals surface area contributed by atoms with E-state index in [1.165, 1.54) is 6.20 Å². The minimum Gasteiger partial charge on any atom is -0.359 e. The molecule has 0 unspecified atom stereocenters. The number of aromatic nitrogens is 4. The van der Waals surface area contributed by atoms with Crippen molar-refractivity contribution >= 4 is 28.8 Å². The van der Waals surface area contributed by atoms with E-state index in [2.05, 4.69) is 25.9 Å². The predicted octanol–water partition coefficient (Wildman–Crippen LogP) is 1.98. The van der Waals surface area contributed by atoms with E-state index in [0.29, 0.717) is 22.5 Å². The third kappa shape index (κ3) is 2.71. The normalized spacial score (nSPS) is 13.4. The van der Waals surface area contributed by atoms with Gasteiger partial charge in [0, 0.05) is 6.20 Å². The monoisotopic (exact) mass is 357 g/mol. The van der Waals surface area contributed by atoms with E-state index < -0.39 is 11.8 Å². The Labute approximate surface area is 152 Å². The van der Waals surface area contributed by atoms with E-state index in [1.54, 1.807) is 48.5 Å². The number of H-pyrrole nitrogens is 1. The van der Waals surface area contributed by atoms with Crippen LogP contribution in [0.1, 0.15) is 26.5 Å². The molecule has 4 rings (SSSR count). The number of carbonyl (C=O) groups excluding carboxylic acids is 2. The van der Waals surface area contributed by atoms with Gasteiger partial charge in [-0.15, -0.1) is 10.2 Å². The van der Waals surface area contributed by atoms with Crippen LogP contribution in [-0.4, -0.2) is 32.4 Å². The second kappa shape index (κ2) is 6.53. The summed E-state index contributed by atoms with van der Waals surface area (Å²) in [5.41, 5.74) is 1.71. The molecule has 130 valence electrons. The summed E-state index contributed by atoms with van der Waals surface area (Å²) in [7, 11) is 0. The number of amides is 2. The van der Waals surface area contributed by atoms with Gasteiger partial charge in [0.2, 0.25) is 5.82 Å². The first-order valence-electron chi connectivity index (χ1n) is 7.88. The van der Waals surface area contributed by atoms with E-state index in [4.69, 9.17) is 0 Å². The van der Waals surface area contributed by atoms with Gasteiger partial charge in [0.25, 0.3) is 11.8 Å². The van der Waals surface area contributed by atoms with Crippen molar-refractivity contribution in [2.24, 2.45) is 0 Å². The minimum atomic E-state index is -0.396. The van der Waals surface area contributed by atoms with Crippen molar-refractivity contribution in [3.05, 3.63) is 71.7 Å². The molecule has 9 heteroatoms. The topological polar surface area (TPSA) is 128 Å². The zero-order chi connectivity index (χ0) is 18.8. The van der Waals surface area contributed by atoms with Crippen molar-refractivity contribution in [2.45, 2.75) is 0 Å². The summed E-state index contributed by atoms with van der Waals surface area (Å²) in [6, 6.07) is 15.4. The highest BCUT2D eigenvalue weighted by molar-refractivity contribution is 6.35. The summed E-state index contributed by atoms with van der Waals surface area (Å²) in [6.45, 7) is 0. The lowest BCUT2D eigenvalue weighted by Crippen LogP contribution is -2.29. The maximum Gasteiger partial charge on any atom is 0.266 e. The third-order valence-corrected chi connectivity index (χ3v) is 4.02. The van der Waals surface area contributed by atoms with Crippen LogP contribution in [-0.2, 0) is 0 Å². The van der Waals surface area contributed by atoms with Crippen molar-refractivity contribution in [3.63, 3.8) is 0 Å². The largest absolute Gasteiger partial charge is 0.359 e. The highest BCUT2D eigenvalue weighted by Crippen LogP contribution is 2.33. The second-order valence-corrected chi connectivity index (χ2v) is 5.56. The molecule has 2 aromatic carbocycles. The molecule has 1 aliphatic heterocycles. The highest BCUT2D eigenvalue weighted by atomic mass is 16.2. The minimum absolute atomic E-state index is 0.128. The molecule has 0 saturated carbocycles. The van der Waals surface area contributed by atoms with Gasteiger partial charge in [-0.25, -0.2) is 4.90 Å². The van der Waals surface area contributed by atoms with Gasteiger partial charge >= 0.3 is 0 Å². The average molecular weight is 357 g/mol. The molecule has 0 bridgehead atoms. The fraction of sp³-hybridized carbons (Fsp3) is 0. The van der Waals surface area contributed by atoms with Crippen LogP contribution in [0.15, 0.2) is 54.7 Å². The third-order valence-electron chi connectivity index (χ3n) is 4.02. The summed E-state index contributed by atoms with van der Waals surface area (Å²) in [4.78, 5) is 26.5. The van der Waals surface area contributed by atoms with Crippen LogP contribution >= 0.6 is 0 Å². The van der Waals surface area contributed by atoms with Gasteiger partial charge in [0.15, 0.2) is 0 Å².